The number of hydrogen-bond acceptors (Lipinski definition) is 4. The molecule has 1 atom stereocenters. The maximum atomic E-state index is 13.1. The predicted octanol–water partition coefficient (Wildman–Crippen LogP) is 3.36. The van der Waals surface area contributed by atoms with E-state index in [1.165, 1.54) is 6.92 Å². The van der Waals surface area contributed by atoms with Gasteiger partial charge in [0.2, 0.25) is 12.7 Å². The number of halogens is 1. The van der Waals surface area contributed by atoms with Crippen molar-refractivity contribution in [2.75, 3.05) is 11.7 Å². The summed E-state index contributed by atoms with van der Waals surface area (Å²) < 4.78 is 10.8. The van der Waals surface area contributed by atoms with Crippen LogP contribution in [-0.4, -0.2) is 18.6 Å². The van der Waals surface area contributed by atoms with Crippen molar-refractivity contribution in [3.8, 4) is 11.5 Å². The Morgan fingerprint density at radius 1 is 1.26 bits per heavy atom. The van der Waals surface area contributed by atoms with E-state index in [0.29, 0.717) is 16.5 Å². The number of anilines is 1. The summed E-state index contributed by atoms with van der Waals surface area (Å²) in [5, 5.41) is 3.26. The Morgan fingerprint density at radius 2 is 2.00 bits per heavy atom. The first-order valence-corrected chi connectivity index (χ1v) is 9.15. The average molecular weight is 387 g/mol. The predicted molar refractivity (Wildman–Crippen MR) is 101 cm³/mol. The molecule has 140 valence electrons. The van der Waals surface area contributed by atoms with Gasteiger partial charge in [0, 0.05) is 29.3 Å². The van der Waals surface area contributed by atoms with E-state index < -0.39 is 6.04 Å². The molecule has 0 spiro atoms. The van der Waals surface area contributed by atoms with Crippen LogP contribution < -0.4 is 19.7 Å². The van der Waals surface area contributed by atoms with E-state index in [4.69, 9.17) is 21.1 Å². The zero-order valence-electron chi connectivity index (χ0n) is 15.0. The van der Waals surface area contributed by atoms with Crippen molar-refractivity contribution in [2.45, 2.75) is 32.9 Å². The Kier molecular flexibility index (Phi) is 4.44. The molecule has 0 radical (unpaired) electrons. The van der Waals surface area contributed by atoms with Crippen LogP contribution in [0.2, 0.25) is 5.02 Å². The van der Waals surface area contributed by atoms with Gasteiger partial charge in [-0.1, -0.05) is 30.7 Å². The summed E-state index contributed by atoms with van der Waals surface area (Å²) >= 11 is 6.39. The van der Waals surface area contributed by atoms with Crippen LogP contribution in [0.1, 0.15) is 36.6 Å². The third-order valence-corrected chi connectivity index (χ3v) is 5.18. The molecular formula is C20H19ClN2O4. The maximum absolute atomic E-state index is 13.1. The molecule has 2 amide bonds. The first kappa shape index (κ1) is 17.7. The molecule has 0 unspecified atom stereocenters. The normalized spacial score (nSPS) is 17.2. The molecule has 2 aliphatic rings. The molecule has 27 heavy (non-hydrogen) atoms. The van der Waals surface area contributed by atoms with Crippen LogP contribution in [0, 0.1) is 0 Å². The molecule has 2 aromatic carbocycles. The highest BCUT2D eigenvalue weighted by Gasteiger charge is 2.38. The Labute approximate surface area is 162 Å². The molecule has 0 aromatic heterocycles. The van der Waals surface area contributed by atoms with E-state index in [1.807, 2.05) is 18.2 Å². The van der Waals surface area contributed by atoms with Gasteiger partial charge >= 0.3 is 0 Å². The summed E-state index contributed by atoms with van der Waals surface area (Å²) in [4.78, 5) is 26.3. The first-order chi connectivity index (χ1) is 13.0. The fraction of sp³-hybridized carbons (Fsp3) is 0.300. The van der Waals surface area contributed by atoms with Crippen molar-refractivity contribution >= 4 is 29.1 Å². The lowest BCUT2D eigenvalue weighted by atomic mass is 10.0. The minimum Gasteiger partial charge on any atom is -0.454 e. The molecule has 0 saturated carbocycles. The molecule has 0 fully saturated rings. The molecular weight excluding hydrogens is 368 g/mol. The molecule has 2 aliphatic heterocycles. The van der Waals surface area contributed by atoms with Crippen molar-refractivity contribution in [1.82, 2.24) is 5.32 Å². The van der Waals surface area contributed by atoms with E-state index >= 15 is 0 Å². The average Bonchev–Trinajstić information content (AvgIpc) is 3.19. The largest absolute Gasteiger partial charge is 0.454 e. The van der Waals surface area contributed by atoms with Crippen LogP contribution in [0.25, 0.3) is 0 Å². The molecule has 6 nitrogen and oxygen atoms in total. The molecule has 2 aromatic rings. The van der Waals surface area contributed by atoms with Crippen LogP contribution in [-0.2, 0) is 22.6 Å². The van der Waals surface area contributed by atoms with Gasteiger partial charge in [-0.15, -0.1) is 0 Å². The number of ether oxygens (including phenoxy) is 2. The summed E-state index contributed by atoms with van der Waals surface area (Å²) in [5.74, 6) is 0.785. The van der Waals surface area contributed by atoms with Gasteiger partial charge in [0.15, 0.2) is 11.5 Å². The van der Waals surface area contributed by atoms with Gasteiger partial charge in [-0.2, -0.15) is 0 Å². The minimum atomic E-state index is -0.684. The highest BCUT2D eigenvalue weighted by Crippen LogP contribution is 2.41. The molecule has 0 bridgehead atoms. The number of nitrogens with one attached hydrogen (secondary N) is 1. The summed E-state index contributed by atoms with van der Waals surface area (Å²) in [6, 6.07) is 8.72. The third-order valence-electron chi connectivity index (χ3n) is 4.83. The quantitative estimate of drug-likeness (QED) is 0.874. The van der Waals surface area contributed by atoms with Gasteiger partial charge in [-0.05, 0) is 29.7 Å². The second-order valence-electron chi connectivity index (χ2n) is 6.60. The van der Waals surface area contributed by atoms with Gasteiger partial charge in [-0.3, -0.25) is 9.59 Å². The molecule has 4 rings (SSSR count). The van der Waals surface area contributed by atoms with Crippen molar-refractivity contribution in [1.29, 1.82) is 0 Å². The fourth-order valence-electron chi connectivity index (χ4n) is 3.47. The lowest BCUT2D eigenvalue weighted by Gasteiger charge is -2.19. The van der Waals surface area contributed by atoms with E-state index in [9.17, 15) is 9.59 Å². The number of nitrogens with zero attached hydrogens (tertiary/aromatic N) is 1. The Balaban J connectivity index is 1.71. The number of benzene rings is 2. The summed E-state index contributed by atoms with van der Waals surface area (Å²) in [6.45, 7) is 3.90. The number of rotatable bonds is 4. The van der Waals surface area contributed by atoms with E-state index in [2.05, 4.69) is 12.2 Å². The highest BCUT2D eigenvalue weighted by molar-refractivity contribution is 6.31. The van der Waals surface area contributed by atoms with E-state index in [-0.39, 0.29) is 25.2 Å². The van der Waals surface area contributed by atoms with Gasteiger partial charge in [0.1, 0.15) is 6.04 Å². The SMILES string of the molecule is CCc1ccc2c(c1)[C@@H](NC(C)=O)C(=O)N2Cc1cc2c(cc1Cl)OCO2. The molecule has 2 heterocycles. The number of fused-ring (bicyclic) bond motifs is 2. The van der Waals surface area contributed by atoms with E-state index in [0.717, 1.165) is 28.8 Å². The number of amides is 2. The lowest BCUT2D eigenvalue weighted by molar-refractivity contribution is -0.126. The topological polar surface area (TPSA) is 67.9 Å². The van der Waals surface area contributed by atoms with Crippen LogP contribution in [0.5, 0.6) is 11.5 Å². The van der Waals surface area contributed by atoms with Gasteiger partial charge in [-0.25, -0.2) is 0 Å². The Morgan fingerprint density at radius 3 is 2.70 bits per heavy atom. The van der Waals surface area contributed by atoms with Crippen LogP contribution in [0.15, 0.2) is 30.3 Å². The summed E-state index contributed by atoms with van der Waals surface area (Å²) in [7, 11) is 0. The first-order valence-electron chi connectivity index (χ1n) is 8.77. The van der Waals surface area contributed by atoms with E-state index in [1.54, 1.807) is 17.0 Å². The zero-order chi connectivity index (χ0) is 19.1. The molecule has 0 aliphatic carbocycles. The summed E-state index contributed by atoms with van der Waals surface area (Å²) in [6.07, 6.45) is 0.849. The number of carbonyl (C=O) groups is 2. The second-order valence-corrected chi connectivity index (χ2v) is 7.01. The monoisotopic (exact) mass is 386 g/mol. The van der Waals surface area contributed by atoms with Crippen molar-refractivity contribution in [2.24, 2.45) is 0 Å². The van der Waals surface area contributed by atoms with Crippen molar-refractivity contribution in [3.05, 3.63) is 52.0 Å². The van der Waals surface area contributed by atoms with Crippen LogP contribution in [0.4, 0.5) is 5.69 Å². The van der Waals surface area contributed by atoms with Crippen molar-refractivity contribution in [3.63, 3.8) is 0 Å². The Hall–Kier alpha value is -2.73. The number of aryl methyl sites for hydroxylation is 1. The van der Waals surface area contributed by atoms with Crippen LogP contribution in [0.3, 0.4) is 0 Å². The fourth-order valence-corrected chi connectivity index (χ4v) is 3.68. The van der Waals surface area contributed by atoms with Crippen molar-refractivity contribution < 1.29 is 19.1 Å². The number of hydrogen-bond donors (Lipinski definition) is 1. The van der Waals surface area contributed by atoms with Gasteiger partial charge < -0.3 is 19.7 Å². The highest BCUT2D eigenvalue weighted by atomic mass is 35.5. The Bertz CT molecular complexity index is 944. The number of carbonyl (C=O) groups excluding carboxylic acids is 2. The maximum Gasteiger partial charge on any atom is 0.254 e. The molecule has 7 heteroatoms. The van der Waals surface area contributed by atoms with Gasteiger partial charge in [0.25, 0.3) is 5.91 Å². The second kappa shape index (κ2) is 6.78. The summed E-state index contributed by atoms with van der Waals surface area (Å²) in [5.41, 5.74) is 3.46. The van der Waals surface area contributed by atoms with Gasteiger partial charge in [0.05, 0.1) is 6.54 Å². The lowest BCUT2D eigenvalue weighted by Crippen LogP contribution is -2.36. The minimum absolute atomic E-state index is 0.158. The zero-order valence-corrected chi connectivity index (χ0v) is 15.8. The molecule has 1 N–H and O–H groups in total. The molecule has 0 saturated heterocycles. The third kappa shape index (κ3) is 3.10. The van der Waals surface area contributed by atoms with Crippen LogP contribution >= 0.6 is 11.6 Å². The standard InChI is InChI=1S/C20H19ClN2O4/c1-3-12-4-5-16-14(6-12)19(22-11(2)24)20(25)23(16)9-13-7-17-18(8-15(13)21)27-10-26-17/h4-8,19H,3,9-10H2,1-2H3,(H,22,24)/t19-/m1/s1. The smallest absolute Gasteiger partial charge is 0.254 e.